The monoisotopic (exact) mass is 276 g/mol. The number of likely N-dealkylation sites (tertiary alicyclic amines) is 1. The highest BCUT2D eigenvalue weighted by atomic mass is 16.1. The number of aryl methyl sites for hydroxylation is 1. The molecular formula is C15H24N4O. The molecule has 1 aromatic heterocycles. The second-order valence-corrected chi connectivity index (χ2v) is 6.47. The largest absolute Gasteiger partial charge is 0.349 e. The number of aromatic nitrogens is 2. The molecule has 0 aliphatic carbocycles. The molecule has 110 valence electrons. The average molecular weight is 276 g/mol. The molecule has 5 nitrogen and oxygen atoms in total. The Hall–Kier alpha value is -1.36. The number of nitrogens with zero attached hydrogens (tertiary/aromatic N) is 3. The van der Waals surface area contributed by atoms with Crippen LogP contribution in [0, 0.1) is 0 Å². The van der Waals surface area contributed by atoms with Gasteiger partial charge in [0.15, 0.2) is 0 Å². The minimum atomic E-state index is -0.0615. The first kappa shape index (κ1) is 13.6. The number of carbonyl (C=O) groups excluding carboxylic acids is 1. The van der Waals surface area contributed by atoms with E-state index in [-0.39, 0.29) is 11.4 Å². The van der Waals surface area contributed by atoms with Gasteiger partial charge in [-0.15, -0.1) is 0 Å². The smallest absolute Gasteiger partial charge is 0.220 e. The van der Waals surface area contributed by atoms with Crippen LogP contribution in [0.1, 0.15) is 44.6 Å². The van der Waals surface area contributed by atoms with Crippen molar-refractivity contribution < 1.29 is 4.79 Å². The molecule has 20 heavy (non-hydrogen) atoms. The van der Waals surface area contributed by atoms with Gasteiger partial charge in [-0.2, -0.15) is 5.10 Å². The second kappa shape index (κ2) is 5.20. The number of nitrogens with one attached hydrogen (secondary N) is 1. The number of amides is 1. The molecule has 3 rings (SSSR count). The van der Waals surface area contributed by atoms with Gasteiger partial charge >= 0.3 is 0 Å². The lowest BCUT2D eigenvalue weighted by molar-refractivity contribution is -0.127. The first-order valence-electron chi connectivity index (χ1n) is 7.59. The van der Waals surface area contributed by atoms with Crippen LogP contribution in [0.4, 0.5) is 0 Å². The Morgan fingerprint density at radius 3 is 3.10 bits per heavy atom. The van der Waals surface area contributed by atoms with Crippen molar-refractivity contribution in [3.05, 3.63) is 18.0 Å². The molecule has 1 N–H and O–H groups in total. The average Bonchev–Trinajstić information content (AvgIpc) is 2.71. The third-order valence-electron chi connectivity index (χ3n) is 4.78. The lowest BCUT2D eigenvalue weighted by atomic mass is 9.81. The molecule has 2 saturated heterocycles. The molecule has 0 radical (unpaired) electrons. The van der Waals surface area contributed by atoms with E-state index in [0.29, 0.717) is 12.5 Å². The van der Waals surface area contributed by atoms with Gasteiger partial charge in [0, 0.05) is 37.8 Å². The van der Waals surface area contributed by atoms with E-state index in [4.69, 9.17) is 0 Å². The van der Waals surface area contributed by atoms with E-state index >= 15 is 0 Å². The molecule has 0 saturated carbocycles. The Morgan fingerprint density at radius 1 is 1.50 bits per heavy atom. The van der Waals surface area contributed by atoms with E-state index in [1.807, 2.05) is 17.9 Å². The van der Waals surface area contributed by atoms with Crippen molar-refractivity contribution in [2.75, 3.05) is 6.54 Å². The molecular weight excluding hydrogens is 252 g/mol. The van der Waals surface area contributed by atoms with Gasteiger partial charge in [-0.1, -0.05) is 0 Å². The first-order valence-corrected chi connectivity index (χ1v) is 7.59. The van der Waals surface area contributed by atoms with Crippen LogP contribution in [0.2, 0.25) is 0 Å². The summed E-state index contributed by atoms with van der Waals surface area (Å²) in [4.78, 5) is 14.3. The minimum Gasteiger partial charge on any atom is -0.349 e. The highest BCUT2D eigenvalue weighted by Crippen LogP contribution is 2.33. The van der Waals surface area contributed by atoms with Gasteiger partial charge in [0.1, 0.15) is 0 Å². The Kier molecular flexibility index (Phi) is 3.54. The SMILES string of the molecule is Cn1cc(CN2CCCC[C@]3(C)NC(=O)CC[C@H]23)cn1. The van der Waals surface area contributed by atoms with Gasteiger partial charge in [0.2, 0.25) is 5.91 Å². The third-order valence-corrected chi connectivity index (χ3v) is 4.78. The zero-order valence-corrected chi connectivity index (χ0v) is 12.4. The summed E-state index contributed by atoms with van der Waals surface area (Å²) in [6.45, 7) is 4.27. The van der Waals surface area contributed by atoms with Crippen molar-refractivity contribution in [3.63, 3.8) is 0 Å². The topological polar surface area (TPSA) is 50.2 Å². The minimum absolute atomic E-state index is 0.0615. The number of carbonyl (C=O) groups is 1. The Bertz CT molecular complexity index is 498. The summed E-state index contributed by atoms with van der Waals surface area (Å²) in [6.07, 6.45) is 9.16. The fourth-order valence-electron chi connectivity index (χ4n) is 3.81. The highest BCUT2D eigenvalue weighted by Gasteiger charge is 2.43. The number of rotatable bonds is 2. The van der Waals surface area contributed by atoms with Crippen LogP contribution in [-0.4, -0.2) is 38.7 Å². The molecule has 5 heteroatoms. The Labute approximate surface area is 120 Å². The molecule has 1 amide bonds. The maximum atomic E-state index is 11.8. The molecule has 1 aromatic rings. The summed E-state index contributed by atoms with van der Waals surface area (Å²) in [5, 5.41) is 7.51. The second-order valence-electron chi connectivity index (χ2n) is 6.47. The summed E-state index contributed by atoms with van der Waals surface area (Å²) in [5.74, 6) is 0.215. The van der Waals surface area contributed by atoms with Gasteiger partial charge in [-0.3, -0.25) is 14.4 Å². The summed E-state index contributed by atoms with van der Waals surface area (Å²) < 4.78 is 1.86. The first-order chi connectivity index (χ1) is 9.57. The molecule has 2 aliphatic rings. The fraction of sp³-hybridized carbons (Fsp3) is 0.733. The number of hydrogen-bond acceptors (Lipinski definition) is 3. The van der Waals surface area contributed by atoms with Crippen LogP contribution in [0.25, 0.3) is 0 Å². The van der Waals surface area contributed by atoms with Crippen LogP contribution in [0.3, 0.4) is 0 Å². The van der Waals surface area contributed by atoms with Crippen LogP contribution in [-0.2, 0) is 18.4 Å². The van der Waals surface area contributed by atoms with E-state index in [9.17, 15) is 4.79 Å². The van der Waals surface area contributed by atoms with Crippen LogP contribution < -0.4 is 5.32 Å². The maximum Gasteiger partial charge on any atom is 0.220 e. The van der Waals surface area contributed by atoms with Gasteiger partial charge in [0.05, 0.1) is 11.7 Å². The quantitative estimate of drug-likeness (QED) is 0.889. The van der Waals surface area contributed by atoms with Gasteiger partial charge in [-0.05, 0) is 39.2 Å². The lowest BCUT2D eigenvalue weighted by Gasteiger charge is -2.46. The third kappa shape index (κ3) is 2.59. The molecule has 0 spiro atoms. The Morgan fingerprint density at radius 2 is 2.35 bits per heavy atom. The zero-order valence-electron chi connectivity index (χ0n) is 12.4. The van der Waals surface area contributed by atoms with Crippen LogP contribution in [0.5, 0.6) is 0 Å². The van der Waals surface area contributed by atoms with Crippen LogP contribution in [0.15, 0.2) is 12.4 Å². The predicted octanol–water partition coefficient (Wildman–Crippen LogP) is 1.44. The molecule has 0 aromatic carbocycles. The molecule has 0 bridgehead atoms. The van der Waals surface area contributed by atoms with Crippen molar-refractivity contribution >= 4 is 5.91 Å². The standard InChI is InChI=1S/C15H24N4O/c1-15-7-3-4-8-19(11-12-9-16-18(2)10-12)13(15)5-6-14(20)17-15/h9-10,13H,3-8,11H2,1-2H3,(H,17,20)/t13-,15-/m0/s1. The van der Waals surface area contributed by atoms with E-state index < -0.39 is 0 Å². The van der Waals surface area contributed by atoms with E-state index in [1.54, 1.807) is 0 Å². The van der Waals surface area contributed by atoms with Crippen molar-refractivity contribution in [2.24, 2.45) is 7.05 Å². The van der Waals surface area contributed by atoms with Gasteiger partial charge in [-0.25, -0.2) is 0 Å². The van der Waals surface area contributed by atoms with E-state index in [1.165, 1.54) is 18.4 Å². The summed E-state index contributed by atoms with van der Waals surface area (Å²) in [6, 6.07) is 0.447. The summed E-state index contributed by atoms with van der Waals surface area (Å²) >= 11 is 0. The van der Waals surface area contributed by atoms with Crippen molar-refractivity contribution in [1.82, 2.24) is 20.0 Å². The molecule has 2 aliphatic heterocycles. The molecule has 0 unspecified atom stereocenters. The Balaban J connectivity index is 1.80. The van der Waals surface area contributed by atoms with Crippen molar-refractivity contribution in [3.8, 4) is 0 Å². The fourth-order valence-corrected chi connectivity index (χ4v) is 3.81. The summed E-state index contributed by atoms with van der Waals surface area (Å²) in [7, 11) is 1.96. The summed E-state index contributed by atoms with van der Waals surface area (Å²) in [5.41, 5.74) is 1.20. The van der Waals surface area contributed by atoms with Gasteiger partial charge in [0.25, 0.3) is 0 Å². The van der Waals surface area contributed by atoms with Crippen molar-refractivity contribution in [2.45, 2.75) is 57.2 Å². The van der Waals surface area contributed by atoms with E-state index in [0.717, 1.165) is 25.9 Å². The van der Waals surface area contributed by atoms with Gasteiger partial charge < -0.3 is 5.32 Å². The number of hydrogen-bond donors (Lipinski definition) is 1. The highest BCUT2D eigenvalue weighted by molar-refractivity contribution is 5.78. The number of piperidine rings is 1. The maximum absolute atomic E-state index is 11.8. The molecule has 2 fully saturated rings. The molecule has 2 atom stereocenters. The number of fused-ring (bicyclic) bond motifs is 1. The van der Waals surface area contributed by atoms with Crippen LogP contribution >= 0.6 is 0 Å². The normalized spacial score (nSPS) is 31.5. The van der Waals surface area contributed by atoms with E-state index in [2.05, 4.69) is 28.4 Å². The van der Waals surface area contributed by atoms with Crippen molar-refractivity contribution in [1.29, 1.82) is 0 Å². The predicted molar refractivity (Wildman–Crippen MR) is 77.0 cm³/mol. The zero-order chi connectivity index (χ0) is 14.2. The lowest BCUT2D eigenvalue weighted by Crippen LogP contribution is -2.62. The molecule has 3 heterocycles.